The summed E-state index contributed by atoms with van der Waals surface area (Å²) in [5.41, 5.74) is 2.90. The van der Waals surface area contributed by atoms with Crippen LogP contribution < -0.4 is 5.32 Å². The topological polar surface area (TPSA) is 49.3 Å². The number of aliphatic carboxylic acids is 1. The molecule has 0 aromatic heterocycles. The molecule has 0 amide bonds. The van der Waals surface area contributed by atoms with Gasteiger partial charge in [0, 0.05) is 18.5 Å². The first-order chi connectivity index (χ1) is 12.7. The molecule has 1 aromatic carbocycles. The van der Waals surface area contributed by atoms with E-state index in [1.807, 2.05) is 0 Å². The zero-order chi connectivity index (χ0) is 18.4. The van der Waals surface area contributed by atoms with E-state index in [1.54, 1.807) is 5.57 Å². The van der Waals surface area contributed by atoms with E-state index in [1.165, 1.54) is 37.7 Å². The Morgan fingerprint density at radius 3 is 2.58 bits per heavy atom. The lowest BCUT2D eigenvalue weighted by molar-refractivity contribution is -0.137. The monoisotopic (exact) mass is 355 g/mol. The number of rotatable bonds is 9. The van der Waals surface area contributed by atoms with E-state index >= 15 is 0 Å². The molecule has 1 unspecified atom stereocenters. The number of hydrogen-bond acceptors (Lipinski definition) is 2. The van der Waals surface area contributed by atoms with Crippen LogP contribution >= 0.6 is 0 Å². The molecule has 3 heteroatoms. The fourth-order valence-electron chi connectivity index (χ4n) is 4.49. The summed E-state index contributed by atoms with van der Waals surface area (Å²) in [7, 11) is 0. The predicted octanol–water partition coefficient (Wildman–Crippen LogP) is 5.27. The Kier molecular flexibility index (Phi) is 6.90. The molecule has 2 saturated carbocycles. The Morgan fingerprint density at radius 1 is 1.19 bits per heavy atom. The van der Waals surface area contributed by atoms with Gasteiger partial charge in [0.25, 0.3) is 0 Å². The van der Waals surface area contributed by atoms with Gasteiger partial charge in [0.1, 0.15) is 0 Å². The molecule has 3 nitrogen and oxygen atoms in total. The van der Waals surface area contributed by atoms with Gasteiger partial charge in [0.05, 0.1) is 0 Å². The maximum absolute atomic E-state index is 10.6. The van der Waals surface area contributed by atoms with Gasteiger partial charge in [-0.25, -0.2) is 0 Å². The lowest BCUT2D eigenvalue weighted by atomic mass is 9.83. The number of nitrogens with one attached hydrogen (secondary N) is 1. The third kappa shape index (κ3) is 5.70. The van der Waals surface area contributed by atoms with E-state index in [2.05, 4.69) is 48.6 Å². The summed E-state index contributed by atoms with van der Waals surface area (Å²) in [4.78, 5) is 10.6. The molecule has 2 fully saturated rings. The summed E-state index contributed by atoms with van der Waals surface area (Å²) in [6.45, 7) is 2.27. The van der Waals surface area contributed by atoms with Crippen molar-refractivity contribution in [3.05, 3.63) is 41.5 Å². The Labute approximate surface area is 157 Å². The molecule has 26 heavy (non-hydrogen) atoms. The molecular formula is C23H33NO2. The minimum Gasteiger partial charge on any atom is -0.481 e. The number of carbonyl (C=O) groups is 1. The van der Waals surface area contributed by atoms with Gasteiger partial charge >= 0.3 is 5.97 Å². The second kappa shape index (κ2) is 9.36. The van der Waals surface area contributed by atoms with Gasteiger partial charge < -0.3 is 10.4 Å². The van der Waals surface area contributed by atoms with Crippen LogP contribution in [0, 0.1) is 11.8 Å². The van der Waals surface area contributed by atoms with Gasteiger partial charge in [0.15, 0.2) is 0 Å². The van der Waals surface area contributed by atoms with Crippen molar-refractivity contribution in [3.8, 4) is 0 Å². The first-order valence-corrected chi connectivity index (χ1v) is 10.4. The molecule has 142 valence electrons. The Hall–Kier alpha value is -1.61. The highest BCUT2D eigenvalue weighted by Gasteiger charge is 2.40. The van der Waals surface area contributed by atoms with Crippen LogP contribution in [0.1, 0.15) is 70.3 Å². The molecule has 0 heterocycles. The van der Waals surface area contributed by atoms with Gasteiger partial charge in [0.2, 0.25) is 0 Å². The number of hydrogen-bond donors (Lipinski definition) is 2. The first-order valence-electron chi connectivity index (χ1n) is 10.4. The number of carboxylic acids is 1. The van der Waals surface area contributed by atoms with Crippen LogP contribution in [0.5, 0.6) is 0 Å². The van der Waals surface area contributed by atoms with Crippen LogP contribution in [0.4, 0.5) is 0 Å². The molecule has 2 aliphatic rings. The molecule has 2 N–H and O–H groups in total. The minimum atomic E-state index is -0.657. The molecule has 0 saturated heterocycles. The SMILES string of the molecule is CC/C(=C\c1ccccc1)C1C[C@H]1NC1CCC(CCCC(=O)O)CC1. The second-order valence-electron chi connectivity index (χ2n) is 8.10. The van der Waals surface area contributed by atoms with Crippen molar-refractivity contribution in [2.45, 2.75) is 76.8 Å². The van der Waals surface area contributed by atoms with Crippen LogP contribution in [0.2, 0.25) is 0 Å². The lowest BCUT2D eigenvalue weighted by Crippen LogP contribution is -2.35. The van der Waals surface area contributed by atoms with Gasteiger partial charge in [-0.2, -0.15) is 0 Å². The fourth-order valence-corrected chi connectivity index (χ4v) is 4.49. The molecule has 3 rings (SSSR count). The van der Waals surface area contributed by atoms with Crippen molar-refractivity contribution in [1.82, 2.24) is 5.32 Å². The second-order valence-corrected chi connectivity index (χ2v) is 8.10. The largest absolute Gasteiger partial charge is 0.481 e. The predicted molar refractivity (Wildman–Crippen MR) is 107 cm³/mol. The molecule has 0 bridgehead atoms. The van der Waals surface area contributed by atoms with E-state index in [0.29, 0.717) is 24.4 Å². The zero-order valence-electron chi connectivity index (χ0n) is 16.0. The van der Waals surface area contributed by atoms with Crippen LogP contribution in [0.3, 0.4) is 0 Å². The molecular weight excluding hydrogens is 322 g/mol. The standard InChI is InChI=1S/C23H33NO2/c1-2-19(15-18-7-4-3-5-8-18)21-16-22(21)24-20-13-11-17(12-14-20)9-6-10-23(25)26/h3-5,7-8,15,17,20-22,24H,2,6,9-14,16H2,1H3,(H,25,26)/b19-15+/t17?,20?,21?,22-/m1/s1. The van der Waals surface area contributed by atoms with Gasteiger partial charge in [-0.1, -0.05) is 48.9 Å². The van der Waals surface area contributed by atoms with Crippen molar-refractivity contribution in [2.24, 2.45) is 11.8 Å². The molecule has 0 spiro atoms. The lowest BCUT2D eigenvalue weighted by Gasteiger charge is -2.29. The third-order valence-electron chi connectivity index (χ3n) is 6.13. The van der Waals surface area contributed by atoms with Crippen LogP contribution in [0.15, 0.2) is 35.9 Å². The minimum absolute atomic E-state index is 0.329. The van der Waals surface area contributed by atoms with E-state index in [9.17, 15) is 4.79 Å². The van der Waals surface area contributed by atoms with E-state index in [0.717, 1.165) is 25.2 Å². The van der Waals surface area contributed by atoms with Crippen molar-refractivity contribution < 1.29 is 9.90 Å². The van der Waals surface area contributed by atoms with Crippen molar-refractivity contribution >= 4 is 12.0 Å². The van der Waals surface area contributed by atoms with Gasteiger partial charge in [-0.3, -0.25) is 4.79 Å². The number of benzene rings is 1. The summed E-state index contributed by atoms with van der Waals surface area (Å²) in [5, 5.41) is 12.7. The van der Waals surface area contributed by atoms with Crippen LogP contribution in [0.25, 0.3) is 6.08 Å². The van der Waals surface area contributed by atoms with Crippen LogP contribution in [-0.2, 0) is 4.79 Å². The van der Waals surface area contributed by atoms with E-state index < -0.39 is 5.97 Å². The van der Waals surface area contributed by atoms with E-state index in [4.69, 9.17) is 5.11 Å². The Morgan fingerprint density at radius 2 is 1.92 bits per heavy atom. The smallest absolute Gasteiger partial charge is 0.303 e. The van der Waals surface area contributed by atoms with Gasteiger partial charge in [-0.15, -0.1) is 0 Å². The van der Waals surface area contributed by atoms with Crippen molar-refractivity contribution in [1.29, 1.82) is 0 Å². The highest BCUT2D eigenvalue weighted by Crippen LogP contribution is 2.41. The Bertz CT molecular complexity index is 602. The van der Waals surface area contributed by atoms with Crippen molar-refractivity contribution in [3.63, 3.8) is 0 Å². The molecule has 0 aliphatic heterocycles. The summed E-state index contributed by atoms with van der Waals surface area (Å²) in [5.74, 6) is 0.801. The zero-order valence-corrected chi connectivity index (χ0v) is 16.0. The Balaban J connectivity index is 1.40. The summed E-state index contributed by atoms with van der Waals surface area (Å²) < 4.78 is 0. The highest BCUT2D eigenvalue weighted by atomic mass is 16.4. The number of carboxylic acid groups (broad SMARTS) is 1. The quantitative estimate of drug-likeness (QED) is 0.634. The van der Waals surface area contributed by atoms with Crippen LogP contribution in [-0.4, -0.2) is 23.2 Å². The maximum Gasteiger partial charge on any atom is 0.303 e. The average molecular weight is 356 g/mol. The van der Waals surface area contributed by atoms with Crippen molar-refractivity contribution in [2.75, 3.05) is 0 Å². The molecule has 2 atom stereocenters. The average Bonchev–Trinajstić information content (AvgIpc) is 3.40. The van der Waals surface area contributed by atoms with Gasteiger partial charge in [-0.05, 0) is 68.8 Å². The maximum atomic E-state index is 10.6. The first kappa shape index (κ1) is 19.2. The summed E-state index contributed by atoms with van der Waals surface area (Å²) >= 11 is 0. The van der Waals surface area contributed by atoms with E-state index in [-0.39, 0.29) is 0 Å². The third-order valence-corrected chi connectivity index (χ3v) is 6.13. The normalized spacial score (nSPS) is 28.7. The molecule has 0 radical (unpaired) electrons. The highest BCUT2D eigenvalue weighted by molar-refractivity contribution is 5.66. The summed E-state index contributed by atoms with van der Waals surface area (Å²) in [6, 6.07) is 12.0. The fraction of sp³-hybridized carbons (Fsp3) is 0.609. The molecule has 2 aliphatic carbocycles. The molecule has 1 aromatic rings. The summed E-state index contributed by atoms with van der Waals surface area (Å²) in [6.07, 6.45) is 12.1.